The maximum atomic E-state index is 12.6. The quantitative estimate of drug-likeness (QED) is 0.375. The summed E-state index contributed by atoms with van der Waals surface area (Å²) in [6.07, 6.45) is 0.813. The molecule has 12 heteroatoms. The van der Waals surface area contributed by atoms with Crippen molar-refractivity contribution in [3.8, 4) is 33.9 Å². The predicted octanol–water partition coefficient (Wildman–Crippen LogP) is 4.21. The summed E-state index contributed by atoms with van der Waals surface area (Å²) in [5.41, 5.74) is 3.70. The maximum Gasteiger partial charge on any atom is 0.405 e. The Morgan fingerprint density at radius 1 is 0.974 bits per heavy atom. The van der Waals surface area contributed by atoms with Gasteiger partial charge in [-0.3, -0.25) is 9.20 Å². The van der Waals surface area contributed by atoms with E-state index in [-0.39, 0.29) is 17.1 Å². The zero-order chi connectivity index (χ0) is 27.6. The molecule has 5 rings (SSSR count). The fourth-order valence-electron chi connectivity index (χ4n) is 4.46. The standard InChI is InChI=1S/C27H26F3N5O4/c1-37-21-11-19(12-22(38-2)25(21)26(36)33-16-27(28,29)30)20-15-32-24-13-17(5-6-35(20)24)18-3-4-23(31-14-18)34-7-9-39-10-8-34/h3-6,11-15H,7-10,16H2,1-2H3,(H,33,36). The average molecular weight is 542 g/mol. The van der Waals surface area contributed by atoms with Crippen LogP contribution in [-0.2, 0) is 4.74 Å². The molecule has 4 heterocycles. The third-order valence-electron chi connectivity index (χ3n) is 6.41. The molecule has 0 bridgehead atoms. The van der Waals surface area contributed by atoms with E-state index in [4.69, 9.17) is 14.2 Å². The van der Waals surface area contributed by atoms with Crippen molar-refractivity contribution in [3.63, 3.8) is 0 Å². The lowest BCUT2D eigenvalue weighted by atomic mass is 10.1. The summed E-state index contributed by atoms with van der Waals surface area (Å²) in [5.74, 6) is 0.0947. The van der Waals surface area contributed by atoms with Gasteiger partial charge < -0.3 is 24.4 Å². The summed E-state index contributed by atoms with van der Waals surface area (Å²) in [6.45, 7) is 1.52. The van der Waals surface area contributed by atoms with Crippen LogP contribution in [-0.4, -0.2) is 73.5 Å². The maximum absolute atomic E-state index is 12.6. The van der Waals surface area contributed by atoms with Crippen LogP contribution in [0.2, 0.25) is 0 Å². The Labute approximate surface area is 222 Å². The lowest BCUT2D eigenvalue weighted by Gasteiger charge is -2.27. The molecule has 0 unspecified atom stereocenters. The van der Waals surface area contributed by atoms with E-state index in [2.05, 4.69) is 14.9 Å². The van der Waals surface area contributed by atoms with Crippen LogP contribution in [0.1, 0.15) is 10.4 Å². The number of carbonyl (C=O) groups is 1. The number of carbonyl (C=O) groups excluding carboxylic acids is 1. The molecule has 4 aromatic rings. The van der Waals surface area contributed by atoms with Crippen LogP contribution in [0.4, 0.5) is 19.0 Å². The van der Waals surface area contributed by atoms with Gasteiger partial charge >= 0.3 is 6.18 Å². The van der Waals surface area contributed by atoms with Gasteiger partial charge in [0.25, 0.3) is 5.91 Å². The summed E-state index contributed by atoms with van der Waals surface area (Å²) in [7, 11) is 2.66. The number of methoxy groups -OCH3 is 2. The van der Waals surface area contributed by atoms with Crippen LogP contribution in [0.3, 0.4) is 0 Å². The predicted molar refractivity (Wildman–Crippen MR) is 138 cm³/mol. The van der Waals surface area contributed by atoms with Crippen molar-refractivity contribution in [1.82, 2.24) is 19.7 Å². The van der Waals surface area contributed by atoms with Gasteiger partial charge in [0, 0.05) is 36.6 Å². The summed E-state index contributed by atoms with van der Waals surface area (Å²) in [6, 6.07) is 11.0. The van der Waals surface area contributed by atoms with E-state index in [1.807, 2.05) is 46.4 Å². The molecule has 1 amide bonds. The Balaban J connectivity index is 1.44. The van der Waals surface area contributed by atoms with E-state index >= 15 is 0 Å². The number of nitrogens with zero attached hydrogens (tertiary/aromatic N) is 4. The molecule has 1 aromatic carbocycles. The number of ether oxygens (including phenoxy) is 3. The van der Waals surface area contributed by atoms with Gasteiger partial charge in [0.2, 0.25) is 0 Å². The van der Waals surface area contributed by atoms with Crippen molar-refractivity contribution in [2.24, 2.45) is 0 Å². The highest BCUT2D eigenvalue weighted by molar-refractivity contribution is 6.00. The van der Waals surface area contributed by atoms with E-state index < -0.39 is 18.6 Å². The Hall–Kier alpha value is -4.32. The molecule has 39 heavy (non-hydrogen) atoms. The first-order valence-corrected chi connectivity index (χ1v) is 12.1. The van der Waals surface area contributed by atoms with Gasteiger partial charge in [-0.05, 0) is 42.0 Å². The topological polar surface area (TPSA) is 90.2 Å². The van der Waals surface area contributed by atoms with Crippen molar-refractivity contribution in [1.29, 1.82) is 0 Å². The van der Waals surface area contributed by atoms with Gasteiger partial charge in [0.15, 0.2) is 0 Å². The molecule has 0 spiro atoms. The van der Waals surface area contributed by atoms with Crippen LogP contribution >= 0.6 is 0 Å². The van der Waals surface area contributed by atoms with Crippen LogP contribution in [0, 0.1) is 0 Å². The molecule has 0 atom stereocenters. The molecule has 3 aromatic heterocycles. The second-order valence-corrected chi connectivity index (χ2v) is 8.85. The summed E-state index contributed by atoms with van der Waals surface area (Å²) >= 11 is 0. The second kappa shape index (κ2) is 10.8. The van der Waals surface area contributed by atoms with E-state index in [9.17, 15) is 18.0 Å². The minimum atomic E-state index is -4.55. The number of hydrogen-bond acceptors (Lipinski definition) is 7. The monoisotopic (exact) mass is 541 g/mol. The highest BCUT2D eigenvalue weighted by atomic mass is 19.4. The third kappa shape index (κ3) is 5.60. The first kappa shape index (κ1) is 26.3. The molecule has 1 aliphatic rings. The number of rotatable bonds is 7. The molecule has 204 valence electrons. The normalized spacial score (nSPS) is 13.9. The smallest absolute Gasteiger partial charge is 0.405 e. The van der Waals surface area contributed by atoms with Crippen molar-refractivity contribution in [3.05, 3.63) is 60.6 Å². The molecule has 1 saturated heterocycles. The van der Waals surface area contributed by atoms with Gasteiger partial charge in [-0.25, -0.2) is 9.97 Å². The molecule has 1 fully saturated rings. The van der Waals surface area contributed by atoms with E-state index in [1.165, 1.54) is 14.2 Å². The number of alkyl halides is 3. The number of morpholine rings is 1. The van der Waals surface area contributed by atoms with E-state index in [1.54, 1.807) is 18.3 Å². The number of fused-ring (bicyclic) bond motifs is 1. The van der Waals surface area contributed by atoms with Gasteiger partial charge in [-0.1, -0.05) is 0 Å². The van der Waals surface area contributed by atoms with E-state index in [0.29, 0.717) is 30.1 Å². The molecule has 0 saturated carbocycles. The lowest BCUT2D eigenvalue weighted by molar-refractivity contribution is -0.123. The molecule has 1 N–H and O–H groups in total. The number of aromatic nitrogens is 3. The first-order valence-electron chi connectivity index (χ1n) is 12.1. The van der Waals surface area contributed by atoms with Crippen LogP contribution in [0.5, 0.6) is 11.5 Å². The molecular weight excluding hydrogens is 515 g/mol. The first-order chi connectivity index (χ1) is 18.8. The number of hydrogen-bond donors (Lipinski definition) is 1. The highest BCUT2D eigenvalue weighted by Gasteiger charge is 2.30. The van der Waals surface area contributed by atoms with Crippen LogP contribution in [0.15, 0.2) is 55.0 Å². The fraction of sp³-hybridized carbons (Fsp3) is 0.296. The van der Waals surface area contributed by atoms with Crippen LogP contribution < -0.4 is 19.7 Å². The number of imidazole rings is 1. The Kier molecular flexibility index (Phi) is 7.29. The van der Waals surface area contributed by atoms with Crippen molar-refractivity contribution in [2.75, 3.05) is 52.0 Å². The largest absolute Gasteiger partial charge is 0.496 e. The fourth-order valence-corrected chi connectivity index (χ4v) is 4.46. The Bertz CT molecular complexity index is 1460. The Morgan fingerprint density at radius 2 is 1.69 bits per heavy atom. The van der Waals surface area contributed by atoms with Crippen molar-refractivity contribution >= 4 is 17.4 Å². The minimum absolute atomic E-state index is 0.0713. The summed E-state index contributed by atoms with van der Waals surface area (Å²) in [5, 5.41) is 1.86. The number of amides is 1. The number of benzene rings is 1. The van der Waals surface area contributed by atoms with E-state index in [0.717, 1.165) is 30.0 Å². The van der Waals surface area contributed by atoms with Gasteiger partial charge in [0.1, 0.15) is 35.1 Å². The van der Waals surface area contributed by atoms with Crippen LogP contribution in [0.25, 0.3) is 28.0 Å². The molecule has 0 radical (unpaired) electrons. The lowest BCUT2D eigenvalue weighted by Crippen LogP contribution is -2.36. The van der Waals surface area contributed by atoms with Crippen molar-refractivity contribution < 1.29 is 32.2 Å². The summed E-state index contributed by atoms with van der Waals surface area (Å²) < 4.78 is 55.9. The third-order valence-corrected chi connectivity index (χ3v) is 6.41. The second-order valence-electron chi connectivity index (χ2n) is 8.85. The molecule has 1 aliphatic heterocycles. The Morgan fingerprint density at radius 3 is 2.31 bits per heavy atom. The van der Waals surface area contributed by atoms with Crippen molar-refractivity contribution in [2.45, 2.75) is 6.18 Å². The molecule has 0 aliphatic carbocycles. The van der Waals surface area contributed by atoms with Gasteiger partial charge in [-0.2, -0.15) is 13.2 Å². The number of halogens is 3. The number of pyridine rings is 2. The number of anilines is 1. The highest BCUT2D eigenvalue weighted by Crippen LogP contribution is 2.36. The zero-order valence-electron chi connectivity index (χ0n) is 21.3. The van der Waals surface area contributed by atoms with Gasteiger partial charge in [-0.15, -0.1) is 0 Å². The SMILES string of the molecule is COc1cc(-c2cnc3cc(-c4ccc(N5CCOCC5)nc4)ccn23)cc(OC)c1C(=O)NCC(F)(F)F. The molecule has 9 nitrogen and oxygen atoms in total. The summed E-state index contributed by atoms with van der Waals surface area (Å²) in [4.78, 5) is 23.9. The zero-order valence-corrected chi connectivity index (χ0v) is 21.3. The average Bonchev–Trinajstić information content (AvgIpc) is 3.38. The molecular formula is C27H26F3N5O4. The number of nitrogens with one attached hydrogen (secondary N) is 1. The van der Waals surface area contributed by atoms with Gasteiger partial charge in [0.05, 0.1) is 39.3 Å². The minimum Gasteiger partial charge on any atom is -0.496 e.